The molecule has 0 saturated carbocycles. The molecule has 0 bridgehead atoms. The highest BCUT2D eigenvalue weighted by Gasteiger charge is 2.07. The van der Waals surface area contributed by atoms with E-state index in [0.29, 0.717) is 17.3 Å². The lowest BCUT2D eigenvalue weighted by Crippen LogP contribution is -2.17. The van der Waals surface area contributed by atoms with Gasteiger partial charge in [0.1, 0.15) is 0 Å². The number of hydrogen-bond donors (Lipinski definition) is 1. The van der Waals surface area contributed by atoms with Crippen LogP contribution in [0.5, 0.6) is 0 Å². The Morgan fingerprint density at radius 3 is 2.25 bits per heavy atom. The van der Waals surface area contributed by atoms with E-state index in [0.717, 1.165) is 10.6 Å². The van der Waals surface area contributed by atoms with Gasteiger partial charge in [0.05, 0.1) is 17.3 Å². The van der Waals surface area contributed by atoms with Crippen molar-refractivity contribution in [2.45, 2.75) is 6.54 Å². The highest BCUT2D eigenvalue weighted by Crippen LogP contribution is 2.24. The number of halogens is 1. The second-order valence-electron chi connectivity index (χ2n) is 3.49. The Morgan fingerprint density at radius 1 is 0.938 bits per heavy atom. The largest absolute Gasteiger partial charge is 0.288 e. The first-order valence-corrected chi connectivity index (χ1v) is 5.40. The fourth-order valence-electron chi connectivity index (χ4n) is 1.50. The maximum absolute atomic E-state index is 9.90. The lowest BCUT2D eigenvalue weighted by molar-refractivity contribution is 0.250. The molecule has 2 aromatic carbocycles. The third kappa shape index (κ3) is 2.54. The third-order valence-corrected chi connectivity index (χ3v) is 2.63. The van der Waals surface area contributed by atoms with Crippen LogP contribution in [0.15, 0.2) is 54.6 Å². The molecule has 0 aliphatic rings. The lowest BCUT2D eigenvalue weighted by Gasteiger charge is -2.18. The Morgan fingerprint density at radius 2 is 1.56 bits per heavy atom. The minimum atomic E-state index is 0.421. The van der Waals surface area contributed by atoms with E-state index in [-0.39, 0.29) is 0 Å². The van der Waals surface area contributed by atoms with E-state index in [2.05, 4.69) is 0 Å². The molecule has 0 spiro atoms. The van der Waals surface area contributed by atoms with E-state index in [4.69, 9.17) is 11.6 Å². The van der Waals surface area contributed by atoms with Gasteiger partial charge in [-0.05, 0) is 17.7 Å². The molecule has 2 aromatic rings. The maximum Gasteiger partial charge on any atom is 0.0824 e. The lowest BCUT2D eigenvalue weighted by atomic mass is 10.2. The van der Waals surface area contributed by atoms with Crippen molar-refractivity contribution in [3.63, 3.8) is 0 Å². The summed E-state index contributed by atoms with van der Waals surface area (Å²) in [4.78, 5) is 0. The number of benzene rings is 2. The van der Waals surface area contributed by atoms with E-state index < -0.39 is 0 Å². The molecular formula is C13H12ClNO. The summed E-state index contributed by atoms with van der Waals surface area (Å²) in [6.45, 7) is 0.421. The molecule has 2 rings (SSSR count). The molecule has 0 atom stereocenters. The van der Waals surface area contributed by atoms with Gasteiger partial charge in [-0.2, -0.15) is 0 Å². The average Bonchev–Trinajstić information content (AvgIpc) is 2.31. The number of hydroxylamine groups is 1. The van der Waals surface area contributed by atoms with Crippen LogP contribution in [-0.4, -0.2) is 5.21 Å². The molecule has 0 aliphatic heterocycles. The van der Waals surface area contributed by atoms with Gasteiger partial charge in [-0.25, -0.2) is 0 Å². The third-order valence-electron chi connectivity index (χ3n) is 2.31. The topological polar surface area (TPSA) is 23.5 Å². The molecule has 0 unspecified atom stereocenters. The van der Waals surface area contributed by atoms with Crippen molar-refractivity contribution in [1.29, 1.82) is 0 Å². The van der Waals surface area contributed by atoms with Crippen LogP contribution < -0.4 is 5.06 Å². The molecular weight excluding hydrogens is 222 g/mol. The quantitative estimate of drug-likeness (QED) is 0.817. The highest BCUT2D eigenvalue weighted by molar-refractivity contribution is 6.33. The van der Waals surface area contributed by atoms with Crippen LogP contribution >= 0.6 is 11.6 Å². The predicted molar refractivity (Wildman–Crippen MR) is 65.9 cm³/mol. The van der Waals surface area contributed by atoms with Crippen LogP contribution in [0.4, 0.5) is 5.69 Å². The second kappa shape index (κ2) is 5.01. The Bertz CT molecular complexity index is 458. The molecule has 0 amide bonds. The molecule has 3 heteroatoms. The maximum atomic E-state index is 9.90. The smallest absolute Gasteiger partial charge is 0.0824 e. The first kappa shape index (κ1) is 11.0. The van der Waals surface area contributed by atoms with Gasteiger partial charge in [0.25, 0.3) is 0 Å². The second-order valence-corrected chi connectivity index (χ2v) is 3.90. The van der Waals surface area contributed by atoms with Crippen LogP contribution in [0.25, 0.3) is 0 Å². The minimum Gasteiger partial charge on any atom is -0.288 e. The number of anilines is 1. The Labute approximate surface area is 99.7 Å². The van der Waals surface area contributed by atoms with E-state index in [1.807, 2.05) is 42.5 Å². The van der Waals surface area contributed by atoms with Crippen LogP contribution in [0.3, 0.4) is 0 Å². The SMILES string of the molecule is ON(Cc1ccccc1)c1ccccc1Cl. The Kier molecular flexibility index (Phi) is 3.44. The molecule has 82 valence electrons. The van der Waals surface area contributed by atoms with E-state index in [1.54, 1.807) is 12.1 Å². The zero-order chi connectivity index (χ0) is 11.4. The molecule has 16 heavy (non-hydrogen) atoms. The van der Waals surface area contributed by atoms with Crippen LogP contribution in [0, 0.1) is 0 Å². The zero-order valence-electron chi connectivity index (χ0n) is 8.68. The highest BCUT2D eigenvalue weighted by atomic mass is 35.5. The molecule has 0 aromatic heterocycles. The van der Waals surface area contributed by atoms with Crippen molar-refractivity contribution >= 4 is 17.3 Å². The summed E-state index contributed by atoms with van der Waals surface area (Å²) < 4.78 is 0. The van der Waals surface area contributed by atoms with Crippen LogP contribution in [-0.2, 0) is 6.54 Å². The van der Waals surface area contributed by atoms with E-state index >= 15 is 0 Å². The Hall–Kier alpha value is -1.51. The molecule has 0 radical (unpaired) electrons. The van der Waals surface area contributed by atoms with Gasteiger partial charge in [-0.1, -0.05) is 54.1 Å². The standard InChI is InChI=1S/C13H12ClNO/c14-12-8-4-5-9-13(12)15(16)10-11-6-2-1-3-7-11/h1-9,16H,10H2. The van der Waals surface area contributed by atoms with Crippen molar-refractivity contribution in [1.82, 2.24) is 0 Å². The average molecular weight is 234 g/mol. The van der Waals surface area contributed by atoms with Gasteiger partial charge in [-0.15, -0.1) is 0 Å². The summed E-state index contributed by atoms with van der Waals surface area (Å²) in [5.74, 6) is 0. The summed E-state index contributed by atoms with van der Waals surface area (Å²) in [5.41, 5.74) is 1.65. The fraction of sp³-hybridized carbons (Fsp3) is 0.0769. The van der Waals surface area contributed by atoms with Crippen LogP contribution in [0.2, 0.25) is 5.02 Å². The summed E-state index contributed by atoms with van der Waals surface area (Å²) in [7, 11) is 0. The van der Waals surface area contributed by atoms with Gasteiger partial charge in [-0.3, -0.25) is 10.3 Å². The normalized spacial score (nSPS) is 10.1. The van der Waals surface area contributed by atoms with Crippen molar-refractivity contribution in [3.8, 4) is 0 Å². The Balaban J connectivity index is 2.15. The van der Waals surface area contributed by atoms with Crippen molar-refractivity contribution < 1.29 is 5.21 Å². The van der Waals surface area contributed by atoms with Crippen molar-refractivity contribution in [2.75, 3.05) is 5.06 Å². The van der Waals surface area contributed by atoms with Gasteiger partial charge in [0, 0.05) is 0 Å². The number of para-hydroxylation sites is 1. The van der Waals surface area contributed by atoms with E-state index in [1.165, 1.54) is 0 Å². The minimum absolute atomic E-state index is 0.421. The molecule has 0 aliphatic carbocycles. The fourth-order valence-corrected chi connectivity index (χ4v) is 1.74. The monoisotopic (exact) mass is 233 g/mol. The number of hydrogen-bond acceptors (Lipinski definition) is 2. The number of rotatable bonds is 3. The predicted octanol–water partition coefficient (Wildman–Crippen LogP) is 3.74. The molecule has 0 fully saturated rings. The van der Waals surface area contributed by atoms with Gasteiger partial charge < -0.3 is 0 Å². The van der Waals surface area contributed by atoms with Crippen molar-refractivity contribution in [3.05, 3.63) is 65.2 Å². The van der Waals surface area contributed by atoms with Crippen molar-refractivity contribution in [2.24, 2.45) is 0 Å². The zero-order valence-corrected chi connectivity index (χ0v) is 9.43. The van der Waals surface area contributed by atoms with Gasteiger partial charge in [0.15, 0.2) is 0 Å². The molecule has 0 saturated heterocycles. The van der Waals surface area contributed by atoms with E-state index in [9.17, 15) is 5.21 Å². The number of nitrogens with zero attached hydrogens (tertiary/aromatic N) is 1. The first-order valence-electron chi connectivity index (χ1n) is 5.02. The first-order chi connectivity index (χ1) is 7.77. The van der Waals surface area contributed by atoms with Gasteiger partial charge in [0.2, 0.25) is 0 Å². The van der Waals surface area contributed by atoms with Crippen LogP contribution in [0.1, 0.15) is 5.56 Å². The summed E-state index contributed by atoms with van der Waals surface area (Å²) >= 11 is 5.98. The van der Waals surface area contributed by atoms with Gasteiger partial charge >= 0.3 is 0 Å². The molecule has 2 nitrogen and oxygen atoms in total. The summed E-state index contributed by atoms with van der Waals surface area (Å²) in [5, 5.41) is 11.6. The summed E-state index contributed by atoms with van der Waals surface area (Å²) in [6.07, 6.45) is 0. The molecule has 1 N–H and O–H groups in total. The summed E-state index contributed by atoms with van der Waals surface area (Å²) in [6, 6.07) is 17.0. The molecule has 0 heterocycles.